The molecule has 0 aromatic rings. The maximum atomic E-state index is 5.69. The Morgan fingerprint density at radius 3 is 3.00 bits per heavy atom. The Morgan fingerprint density at radius 2 is 2.22 bits per heavy atom. The minimum absolute atomic E-state index is 0.553. The van der Waals surface area contributed by atoms with E-state index in [0.717, 1.165) is 31.7 Å². The monoisotopic (exact) mass is 265 g/mol. The van der Waals surface area contributed by atoms with Crippen molar-refractivity contribution in [2.45, 2.75) is 38.5 Å². The van der Waals surface area contributed by atoms with Crippen molar-refractivity contribution in [3.8, 4) is 0 Å². The van der Waals surface area contributed by atoms with E-state index in [1.807, 2.05) is 11.2 Å². The molecule has 0 spiro atoms. The molecule has 0 saturated heterocycles. The lowest BCUT2D eigenvalue weighted by Crippen LogP contribution is -2.27. The Balaban J connectivity index is 1.77. The normalized spacial score (nSPS) is 19.4. The third-order valence-corrected chi connectivity index (χ3v) is 4.77. The van der Waals surface area contributed by atoms with Crippen LogP contribution in [0.5, 0.6) is 0 Å². The molecule has 0 atom stereocenters. The van der Waals surface area contributed by atoms with Crippen molar-refractivity contribution in [3.05, 3.63) is 11.8 Å². The highest BCUT2D eigenvalue weighted by molar-refractivity contribution is 6.76. The Kier molecular flexibility index (Phi) is 4.34. The molecule has 0 N–H and O–H groups in total. The minimum Gasteiger partial charge on any atom is -0.360 e. The molecule has 0 aromatic heterocycles. The molecule has 0 amide bonds. The van der Waals surface area contributed by atoms with Gasteiger partial charge in [0.1, 0.15) is 6.73 Å². The quantitative estimate of drug-likeness (QED) is 0.566. The number of fused-ring (bicyclic) bond motifs is 1. The van der Waals surface area contributed by atoms with Gasteiger partial charge in [-0.15, -0.1) is 0 Å². The molecule has 0 bridgehead atoms. The zero-order valence-corrected chi connectivity index (χ0v) is 12.6. The second-order valence-electron chi connectivity index (χ2n) is 6.06. The predicted molar refractivity (Wildman–Crippen MR) is 78.9 cm³/mol. The molecule has 0 unspecified atom stereocenters. The molecule has 18 heavy (non-hydrogen) atoms. The first kappa shape index (κ1) is 13.5. The predicted octanol–water partition coefficient (Wildman–Crippen LogP) is 2.72. The van der Waals surface area contributed by atoms with Gasteiger partial charge < -0.3 is 4.74 Å². The van der Waals surface area contributed by atoms with E-state index in [1.165, 1.54) is 11.6 Å². The first-order valence-electron chi connectivity index (χ1n) is 6.68. The maximum absolute atomic E-state index is 5.69. The SMILES string of the molecule is C[Si](C)(C)CCOCN1C=C2CCCN=C2C=N1. The molecule has 0 fully saturated rings. The Bertz CT molecular complexity index is 382. The Labute approximate surface area is 110 Å². The third-order valence-electron chi connectivity index (χ3n) is 3.07. The first-order valence-corrected chi connectivity index (χ1v) is 10.4. The van der Waals surface area contributed by atoms with Crippen molar-refractivity contribution in [1.29, 1.82) is 0 Å². The van der Waals surface area contributed by atoms with Crippen molar-refractivity contribution >= 4 is 20.0 Å². The lowest BCUT2D eigenvalue weighted by atomic mass is 10.0. The Hall–Kier alpha value is -0.943. The van der Waals surface area contributed by atoms with Gasteiger partial charge in [-0.3, -0.25) is 4.99 Å². The molecule has 2 aliphatic rings. The van der Waals surface area contributed by atoms with Crippen molar-refractivity contribution in [2.75, 3.05) is 19.9 Å². The summed E-state index contributed by atoms with van der Waals surface area (Å²) in [5, 5.41) is 6.21. The minimum atomic E-state index is -0.988. The summed E-state index contributed by atoms with van der Waals surface area (Å²) in [7, 11) is -0.988. The molecule has 4 nitrogen and oxygen atoms in total. The van der Waals surface area contributed by atoms with Gasteiger partial charge in [0.15, 0.2) is 0 Å². The second kappa shape index (κ2) is 5.80. The summed E-state index contributed by atoms with van der Waals surface area (Å²) in [5.41, 5.74) is 2.35. The molecule has 5 heteroatoms. The van der Waals surface area contributed by atoms with Crippen LogP contribution in [0.3, 0.4) is 0 Å². The highest BCUT2D eigenvalue weighted by Crippen LogP contribution is 2.17. The van der Waals surface area contributed by atoms with E-state index < -0.39 is 8.07 Å². The van der Waals surface area contributed by atoms with Crippen molar-refractivity contribution in [3.63, 3.8) is 0 Å². The molecule has 2 rings (SSSR count). The Morgan fingerprint density at radius 1 is 1.39 bits per heavy atom. The second-order valence-corrected chi connectivity index (χ2v) is 11.7. The molecule has 0 saturated carbocycles. The van der Waals surface area contributed by atoms with E-state index in [1.54, 1.807) is 0 Å². The largest absolute Gasteiger partial charge is 0.360 e. The van der Waals surface area contributed by atoms with E-state index in [4.69, 9.17) is 4.74 Å². The summed E-state index contributed by atoms with van der Waals surface area (Å²) in [5.74, 6) is 0. The lowest BCUT2D eigenvalue weighted by molar-refractivity contribution is 0.0633. The zero-order chi connectivity index (χ0) is 13.0. The van der Waals surface area contributed by atoms with Gasteiger partial charge in [0.25, 0.3) is 0 Å². The first-order chi connectivity index (χ1) is 8.54. The van der Waals surface area contributed by atoms with Crippen molar-refractivity contribution in [2.24, 2.45) is 10.1 Å². The number of nitrogens with zero attached hydrogens (tertiary/aromatic N) is 3. The summed E-state index contributed by atoms with van der Waals surface area (Å²) in [4.78, 5) is 4.45. The fourth-order valence-corrected chi connectivity index (χ4v) is 2.66. The van der Waals surface area contributed by atoms with Gasteiger partial charge in [-0.1, -0.05) is 19.6 Å². The van der Waals surface area contributed by atoms with Crippen molar-refractivity contribution < 1.29 is 4.74 Å². The number of hydrogen-bond acceptors (Lipinski definition) is 4. The fraction of sp³-hybridized carbons (Fsp3) is 0.692. The van der Waals surface area contributed by atoms with E-state index >= 15 is 0 Å². The van der Waals surface area contributed by atoms with Crippen LogP contribution in [0.15, 0.2) is 21.9 Å². The average molecular weight is 265 g/mol. The molecular weight excluding hydrogens is 242 g/mol. The van der Waals surface area contributed by atoms with Crippen LogP contribution < -0.4 is 0 Å². The van der Waals surface area contributed by atoms with Gasteiger partial charge >= 0.3 is 0 Å². The molecule has 0 aliphatic carbocycles. The van der Waals surface area contributed by atoms with Crippen LogP contribution in [-0.4, -0.2) is 44.9 Å². The van der Waals surface area contributed by atoms with Gasteiger partial charge in [0.2, 0.25) is 0 Å². The van der Waals surface area contributed by atoms with Crippen molar-refractivity contribution in [1.82, 2.24) is 5.01 Å². The summed E-state index contributed by atoms with van der Waals surface area (Å²) >= 11 is 0. The summed E-state index contributed by atoms with van der Waals surface area (Å²) in [6, 6.07) is 1.20. The zero-order valence-electron chi connectivity index (χ0n) is 11.6. The topological polar surface area (TPSA) is 37.2 Å². The number of rotatable bonds is 5. The van der Waals surface area contributed by atoms with E-state index in [-0.39, 0.29) is 0 Å². The van der Waals surface area contributed by atoms with Gasteiger partial charge in [0, 0.05) is 27.4 Å². The van der Waals surface area contributed by atoms with Crippen LogP contribution in [0.25, 0.3) is 0 Å². The maximum Gasteiger partial charge on any atom is 0.139 e. The summed E-state index contributed by atoms with van der Waals surface area (Å²) in [6.45, 7) is 9.42. The van der Waals surface area contributed by atoms with Crippen LogP contribution in [-0.2, 0) is 4.74 Å². The van der Waals surface area contributed by atoms with Gasteiger partial charge in [-0.2, -0.15) is 5.10 Å². The fourth-order valence-electron chi connectivity index (χ4n) is 1.90. The average Bonchev–Trinajstić information content (AvgIpc) is 2.33. The number of allylic oxidation sites excluding steroid dienone is 1. The number of hydrogen-bond donors (Lipinski definition) is 0. The van der Waals surface area contributed by atoms with Gasteiger partial charge in [-0.25, -0.2) is 5.01 Å². The van der Waals surface area contributed by atoms with E-state index in [0.29, 0.717) is 6.73 Å². The van der Waals surface area contributed by atoms with Crippen LogP contribution in [0.1, 0.15) is 12.8 Å². The van der Waals surface area contributed by atoms with Crippen LogP contribution in [0, 0.1) is 0 Å². The summed E-state index contributed by atoms with van der Waals surface area (Å²) < 4.78 is 5.69. The van der Waals surface area contributed by atoms with E-state index in [2.05, 4.69) is 35.9 Å². The molecule has 2 aliphatic heterocycles. The number of ether oxygens (including phenoxy) is 1. The molecular formula is C13H23N3OSi. The number of aliphatic imine (C=N–C) groups is 1. The van der Waals surface area contributed by atoms with E-state index in [9.17, 15) is 0 Å². The molecule has 100 valence electrons. The molecule has 2 heterocycles. The number of hydrazone groups is 1. The molecule has 0 radical (unpaired) electrons. The third kappa shape index (κ3) is 4.06. The standard InChI is InChI=1S/C13H23N3OSi/c1-18(2,3)8-7-17-11-16-10-12-5-4-6-14-13(12)9-15-16/h9-10H,4-8,11H2,1-3H3. The van der Waals surface area contributed by atoms with Crippen LogP contribution in [0.2, 0.25) is 25.7 Å². The smallest absolute Gasteiger partial charge is 0.139 e. The van der Waals surface area contributed by atoms with Crippen LogP contribution >= 0.6 is 0 Å². The highest BCUT2D eigenvalue weighted by Gasteiger charge is 2.16. The molecule has 0 aromatic carbocycles. The highest BCUT2D eigenvalue weighted by atomic mass is 28.3. The lowest BCUT2D eigenvalue weighted by Gasteiger charge is -2.23. The summed E-state index contributed by atoms with van der Waals surface area (Å²) in [6.07, 6.45) is 6.19. The van der Waals surface area contributed by atoms with Gasteiger partial charge in [-0.05, 0) is 24.5 Å². The van der Waals surface area contributed by atoms with Gasteiger partial charge in [0.05, 0.1) is 11.9 Å². The van der Waals surface area contributed by atoms with Crippen LogP contribution in [0.4, 0.5) is 0 Å².